The fraction of sp³-hybridized carbons (Fsp3) is 0.929. The number of nitrogens with zero attached hydrogens (tertiary/aromatic N) is 2. The van der Waals surface area contributed by atoms with Crippen LogP contribution in [0.4, 0.5) is 0 Å². The summed E-state index contributed by atoms with van der Waals surface area (Å²) in [5.74, 6) is 0. The molecule has 17 heavy (non-hydrogen) atoms. The molecular formula is C14H27N3. The molecule has 1 rings (SSSR count). The van der Waals surface area contributed by atoms with E-state index in [1.165, 1.54) is 19.3 Å². The van der Waals surface area contributed by atoms with Crippen molar-refractivity contribution in [1.29, 1.82) is 5.26 Å². The van der Waals surface area contributed by atoms with Gasteiger partial charge < -0.3 is 4.90 Å². The third-order valence-electron chi connectivity index (χ3n) is 3.56. The molecule has 0 bridgehead atoms. The van der Waals surface area contributed by atoms with Gasteiger partial charge in [0.15, 0.2) is 0 Å². The summed E-state index contributed by atoms with van der Waals surface area (Å²) in [5, 5.41) is 12.5. The van der Waals surface area contributed by atoms with Gasteiger partial charge in [0.1, 0.15) is 6.04 Å². The fourth-order valence-electron chi connectivity index (χ4n) is 2.45. The first-order valence-corrected chi connectivity index (χ1v) is 6.81. The van der Waals surface area contributed by atoms with E-state index in [9.17, 15) is 0 Å². The predicted molar refractivity (Wildman–Crippen MR) is 71.7 cm³/mol. The average Bonchev–Trinajstić information content (AvgIpc) is 2.39. The summed E-state index contributed by atoms with van der Waals surface area (Å²) in [6.07, 6.45) is 3.80. The van der Waals surface area contributed by atoms with Gasteiger partial charge in [0.2, 0.25) is 0 Å². The maximum atomic E-state index is 9.14. The van der Waals surface area contributed by atoms with Crippen LogP contribution in [0, 0.1) is 16.7 Å². The molecule has 1 N–H and O–H groups in total. The van der Waals surface area contributed by atoms with Gasteiger partial charge in [-0.1, -0.05) is 13.8 Å². The van der Waals surface area contributed by atoms with Crippen LogP contribution in [-0.4, -0.2) is 36.6 Å². The van der Waals surface area contributed by atoms with Gasteiger partial charge in [-0.25, -0.2) is 0 Å². The van der Waals surface area contributed by atoms with Crippen molar-refractivity contribution < 1.29 is 0 Å². The highest BCUT2D eigenvalue weighted by atomic mass is 15.2. The molecule has 0 spiro atoms. The Morgan fingerprint density at radius 3 is 2.59 bits per heavy atom. The Morgan fingerprint density at radius 1 is 1.29 bits per heavy atom. The van der Waals surface area contributed by atoms with E-state index in [0.717, 1.165) is 19.6 Å². The van der Waals surface area contributed by atoms with Crippen LogP contribution >= 0.6 is 0 Å². The van der Waals surface area contributed by atoms with Gasteiger partial charge in [0.05, 0.1) is 6.07 Å². The van der Waals surface area contributed by atoms with Gasteiger partial charge in [0, 0.05) is 12.6 Å². The minimum Gasteiger partial charge on any atom is -0.301 e. The smallest absolute Gasteiger partial charge is 0.108 e. The number of nitriles is 1. The zero-order valence-corrected chi connectivity index (χ0v) is 11.8. The van der Waals surface area contributed by atoms with Gasteiger partial charge in [-0.3, -0.25) is 5.32 Å². The van der Waals surface area contributed by atoms with E-state index < -0.39 is 0 Å². The summed E-state index contributed by atoms with van der Waals surface area (Å²) < 4.78 is 0. The van der Waals surface area contributed by atoms with E-state index in [2.05, 4.69) is 44.0 Å². The molecule has 1 atom stereocenters. The molecular weight excluding hydrogens is 210 g/mol. The van der Waals surface area contributed by atoms with Crippen molar-refractivity contribution in [2.45, 2.75) is 59.0 Å². The third-order valence-corrected chi connectivity index (χ3v) is 3.56. The molecule has 0 aromatic heterocycles. The molecule has 3 heteroatoms. The zero-order chi connectivity index (χ0) is 12.9. The van der Waals surface area contributed by atoms with Crippen LogP contribution in [0.5, 0.6) is 0 Å². The summed E-state index contributed by atoms with van der Waals surface area (Å²) in [5.41, 5.74) is 0.475. The first kappa shape index (κ1) is 14.5. The van der Waals surface area contributed by atoms with Crippen LogP contribution in [0.3, 0.4) is 0 Å². The third kappa shape index (κ3) is 5.52. The molecule has 0 aromatic rings. The Morgan fingerprint density at radius 2 is 2.00 bits per heavy atom. The molecule has 0 aliphatic carbocycles. The van der Waals surface area contributed by atoms with Crippen LogP contribution in [-0.2, 0) is 0 Å². The summed E-state index contributed by atoms with van der Waals surface area (Å²) in [6.45, 7) is 12.0. The average molecular weight is 237 g/mol. The Bertz CT molecular complexity index is 265. The molecule has 1 heterocycles. The monoisotopic (exact) mass is 237 g/mol. The second kappa shape index (κ2) is 6.37. The predicted octanol–water partition coefficient (Wildman–Crippen LogP) is 2.39. The second-order valence-corrected chi connectivity index (χ2v) is 6.32. The van der Waals surface area contributed by atoms with Crippen molar-refractivity contribution >= 4 is 0 Å². The molecule has 98 valence electrons. The fourth-order valence-corrected chi connectivity index (χ4v) is 2.45. The molecule has 1 aliphatic rings. The van der Waals surface area contributed by atoms with Crippen molar-refractivity contribution in [3.63, 3.8) is 0 Å². The standard InChI is InChI=1S/C14H27N3/c1-12(2)16-13(10-15)11-17-8-5-6-14(3,4)7-9-17/h12-13,16H,5-9,11H2,1-4H3. The Kier molecular flexibility index (Phi) is 5.42. The largest absolute Gasteiger partial charge is 0.301 e. The van der Waals surface area contributed by atoms with Crippen molar-refractivity contribution in [3.05, 3.63) is 0 Å². The molecule has 1 fully saturated rings. The maximum Gasteiger partial charge on any atom is 0.108 e. The number of hydrogen-bond acceptors (Lipinski definition) is 3. The highest BCUT2D eigenvalue weighted by molar-refractivity contribution is 4.93. The van der Waals surface area contributed by atoms with Crippen LogP contribution < -0.4 is 5.32 Å². The number of hydrogen-bond donors (Lipinski definition) is 1. The molecule has 0 saturated carbocycles. The summed E-state index contributed by atoms with van der Waals surface area (Å²) in [6, 6.07) is 2.72. The molecule has 1 saturated heterocycles. The van der Waals surface area contributed by atoms with Crippen LogP contribution in [0.15, 0.2) is 0 Å². The van der Waals surface area contributed by atoms with Crippen molar-refractivity contribution in [1.82, 2.24) is 10.2 Å². The summed E-state index contributed by atoms with van der Waals surface area (Å²) >= 11 is 0. The van der Waals surface area contributed by atoms with E-state index in [4.69, 9.17) is 5.26 Å². The minimum atomic E-state index is -0.0313. The van der Waals surface area contributed by atoms with Crippen molar-refractivity contribution in [2.75, 3.05) is 19.6 Å². The SMILES string of the molecule is CC(C)NC(C#N)CN1CCCC(C)(C)CC1. The van der Waals surface area contributed by atoms with Crippen LogP contribution in [0.1, 0.15) is 47.0 Å². The molecule has 0 amide bonds. The van der Waals surface area contributed by atoms with E-state index in [-0.39, 0.29) is 6.04 Å². The number of rotatable bonds is 4. The number of likely N-dealkylation sites (tertiary alicyclic amines) is 1. The van der Waals surface area contributed by atoms with Crippen LogP contribution in [0.25, 0.3) is 0 Å². The zero-order valence-electron chi connectivity index (χ0n) is 11.8. The van der Waals surface area contributed by atoms with Crippen molar-refractivity contribution in [3.8, 4) is 6.07 Å². The lowest BCUT2D eigenvalue weighted by atomic mass is 9.85. The topological polar surface area (TPSA) is 39.1 Å². The highest BCUT2D eigenvalue weighted by Crippen LogP contribution is 2.29. The van der Waals surface area contributed by atoms with Gasteiger partial charge >= 0.3 is 0 Å². The number of nitrogens with one attached hydrogen (secondary N) is 1. The summed E-state index contributed by atoms with van der Waals surface area (Å²) in [7, 11) is 0. The summed E-state index contributed by atoms with van der Waals surface area (Å²) in [4.78, 5) is 2.44. The Labute approximate surface area is 106 Å². The lowest BCUT2D eigenvalue weighted by Gasteiger charge is -2.25. The quantitative estimate of drug-likeness (QED) is 0.816. The first-order valence-electron chi connectivity index (χ1n) is 6.81. The second-order valence-electron chi connectivity index (χ2n) is 6.32. The molecule has 0 radical (unpaired) electrons. The van der Waals surface area contributed by atoms with E-state index in [0.29, 0.717) is 11.5 Å². The highest BCUT2D eigenvalue weighted by Gasteiger charge is 2.24. The molecule has 1 aliphatic heterocycles. The minimum absolute atomic E-state index is 0.0313. The van der Waals surface area contributed by atoms with E-state index in [1.807, 2.05) is 0 Å². The van der Waals surface area contributed by atoms with Gasteiger partial charge in [-0.15, -0.1) is 0 Å². The first-order chi connectivity index (χ1) is 7.93. The van der Waals surface area contributed by atoms with Crippen molar-refractivity contribution in [2.24, 2.45) is 5.41 Å². The Balaban J connectivity index is 2.43. The normalized spacial score (nSPS) is 23.1. The van der Waals surface area contributed by atoms with Gasteiger partial charge in [-0.05, 0) is 51.6 Å². The van der Waals surface area contributed by atoms with E-state index >= 15 is 0 Å². The lowest BCUT2D eigenvalue weighted by Crippen LogP contribution is -2.43. The van der Waals surface area contributed by atoms with Gasteiger partial charge in [0.25, 0.3) is 0 Å². The van der Waals surface area contributed by atoms with Crippen LogP contribution in [0.2, 0.25) is 0 Å². The lowest BCUT2D eigenvalue weighted by molar-refractivity contribution is 0.247. The maximum absolute atomic E-state index is 9.14. The molecule has 3 nitrogen and oxygen atoms in total. The Hall–Kier alpha value is -0.590. The van der Waals surface area contributed by atoms with E-state index in [1.54, 1.807) is 0 Å². The molecule has 1 unspecified atom stereocenters. The van der Waals surface area contributed by atoms with Gasteiger partial charge in [-0.2, -0.15) is 5.26 Å². The molecule has 0 aromatic carbocycles.